The van der Waals surface area contributed by atoms with Crippen molar-refractivity contribution < 1.29 is 4.74 Å². The van der Waals surface area contributed by atoms with Crippen LogP contribution >= 0.6 is 11.3 Å². The van der Waals surface area contributed by atoms with Gasteiger partial charge in [-0.25, -0.2) is 4.98 Å². The number of nitrogens with two attached hydrogens (primary N) is 1. The van der Waals surface area contributed by atoms with Gasteiger partial charge in [0.2, 0.25) is 0 Å². The number of nitrogens with zero attached hydrogens (tertiary/aromatic N) is 1. The Bertz CT molecular complexity index is 494. The lowest BCUT2D eigenvalue weighted by atomic mass is 10.1. The second kappa shape index (κ2) is 4.53. The predicted molar refractivity (Wildman–Crippen MR) is 67.9 cm³/mol. The molecule has 0 spiro atoms. The molecular formula is C12H14N2OS. The van der Waals surface area contributed by atoms with E-state index < -0.39 is 0 Å². The van der Waals surface area contributed by atoms with Crippen LogP contribution in [-0.4, -0.2) is 12.1 Å². The fraction of sp³-hybridized carbons (Fsp3) is 0.250. The van der Waals surface area contributed by atoms with Crippen LogP contribution in [0.5, 0.6) is 5.75 Å². The Labute approximate surface area is 98.9 Å². The van der Waals surface area contributed by atoms with Gasteiger partial charge in [-0.05, 0) is 18.6 Å². The maximum absolute atomic E-state index is 5.97. The zero-order valence-electron chi connectivity index (χ0n) is 9.36. The van der Waals surface area contributed by atoms with E-state index in [4.69, 9.17) is 10.5 Å². The molecular weight excluding hydrogens is 220 g/mol. The Morgan fingerprint density at radius 2 is 2.12 bits per heavy atom. The Kier molecular flexibility index (Phi) is 3.10. The zero-order chi connectivity index (χ0) is 11.5. The summed E-state index contributed by atoms with van der Waals surface area (Å²) in [7, 11) is 1.65. The minimum absolute atomic E-state index is 0.751. The first kappa shape index (κ1) is 11.0. The highest BCUT2D eigenvalue weighted by Gasteiger charge is 2.13. The maximum atomic E-state index is 5.97. The second-order valence-electron chi connectivity index (χ2n) is 3.37. The number of rotatable bonds is 3. The minimum atomic E-state index is 0.751. The molecule has 2 rings (SSSR count). The molecule has 2 N–H and O–H groups in total. The molecule has 0 saturated heterocycles. The average molecular weight is 234 g/mol. The number of para-hydroxylation sites is 1. The van der Waals surface area contributed by atoms with Crippen molar-refractivity contribution in [2.24, 2.45) is 0 Å². The van der Waals surface area contributed by atoms with E-state index in [0.29, 0.717) is 0 Å². The number of aryl methyl sites for hydroxylation is 1. The van der Waals surface area contributed by atoms with Gasteiger partial charge in [0.1, 0.15) is 16.4 Å². The first-order chi connectivity index (χ1) is 7.76. The summed E-state index contributed by atoms with van der Waals surface area (Å²) in [6.45, 7) is 2.07. The van der Waals surface area contributed by atoms with Crippen molar-refractivity contribution in [2.75, 3.05) is 12.8 Å². The summed E-state index contributed by atoms with van der Waals surface area (Å²) >= 11 is 1.54. The number of anilines is 1. The van der Waals surface area contributed by atoms with E-state index in [0.717, 1.165) is 33.4 Å². The Balaban J connectivity index is 2.53. The number of methoxy groups -OCH3 is 1. The lowest BCUT2D eigenvalue weighted by Crippen LogP contribution is -1.91. The molecule has 1 aromatic carbocycles. The van der Waals surface area contributed by atoms with Gasteiger partial charge >= 0.3 is 0 Å². The quantitative estimate of drug-likeness (QED) is 0.888. The largest absolute Gasteiger partial charge is 0.496 e. The smallest absolute Gasteiger partial charge is 0.128 e. The molecule has 0 aliphatic heterocycles. The van der Waals surface area contributed by atoms with E-state index in [-0.39, 0.29) is 0 Å². The number of ether oxygens (including phenoxy) is 1. The molecule has 1 heterocycles. The van der Waals surface area contributed by atoms with Gasteiger partial charge in [-0.15, -0.1) is 11.3 Å². The summed E-state index contributed by atoms with van der Waals surface area (Å²) < 4.78 is 5.31. The first-order valence-electron chi connectivity index (χ1n) is 5.14. The molecule has 0 unspecified atom stereocenters. The highest BCUT2D eigenvalue weighted by atomic mass is 32.1. The summed E-state index contributed by atoms with van der Waals surface area (Å²) in [6, 6.07) is 7.79. The van der Waals surface area contributed by atoms with Gasteiger partial charge in [-0.2, -0.15) is 0 Å². The van der Waals surface area contributed by atoms with Gasteiger partial charge in [0.15, 0.2) is 0 Å². The molecule has 3 nitrogen and oxygen atoms in total. The van der Waals surface area contributed by atoms with Crippen molar-refractivity contribution >= 4 is 16.3 Å². The predicted octanol–water partition coefficient (Wildman–Crippen LogP) is 2.96. The van der Waals surface area contributed by atoms with Crippen molar-refractivity contribution in [1.82, 2.24) is 4.98 Å². The van der Waals surface area contributed by atoms with E-state index in [1.165, 1.54) is 11.3 Å². The number of hydrogen-bond donors (Lipinski definition) is 1. The lowest BCUT2D eigenvalue weighted by Gasteiger charge is -2.05. The van der Waals surface area contributed by atoms with Crippen LogP contribution in [0.25, 0.3) is 11.3 Å². The van der Waals surface area contributed by atoms with Crippen LogP contribution < -0.4 is 10.5 Å². The molecule has 0 amide bonds. The number of hydrogen-bond acceptors (Lipinski definition) is 4. The van der Waals surface area contributed by atoms with Crippen LogP contribution in [0.15, 0.2) is 24.3 Å². The van der Waals surface area contributed by atoms with Gasteiger partial charge in [-0.3, -0.25) is 0 Å². The van der Waals surface area contributed by atoms with E-state index in [9.17, 15) is 0 Å². The summed E-state index contributed by atoms with van der Waals surface area (Å²) in [6.07, 6.45) is 0.907. The lowest BCUT2D eigenvalue weighted by molar-refractivity contribution is 0.416. The fourth-order valence-corrected chi connectivity index (χ4v) is 2.35. The number of aromatic nitrogens is 1. The maximum Gasteiger partial charge on any atom is 0.128 e. The second-order valence-corrected chi connectivity index (χ2v) is 4.49. The molecule has 0 aliphatic carbocycles. The van der Waals surface area contributed by atoms with Crippen LogP contribution in [0.3, 0.4) is 0 Å². The minimum Gasteiger partial charge on any atom is -0.496 e. The van der Waals surface area contributed by atoms with Gasteiger partial charge < -0.3 is 10.5 Å². The Morgan fingerprint density at radius 1 is 1.38 bits per heavy atom. The van der Waals surface area contributed by atoms with Crippen LogP contribution in [0.2, 0.25) is 0 Å². The molecule has 84 valence electrons. The summed E-state index contributed by atoms with van der Waals surface area (Å²) in [5, 5.41) is 1.81. The van der Waals surface area contributed by atoms with E-state index in [1.54, 1.807) is 7.11 Å². The molecule has 0 saturated carbocycles. The van der Waals surface area contributed by atoms with Crippen LogP contribution in [0, 0.1) is 0 Å². The molecule has 4 heteroatoms. The summed E-state index contributed by atoms with van der Waals surface area (Å²) in [5.41, 5.74) is 7.76. The highest BCUT2D eigenvalue weighted by molar-refractivity contribution is 7.16. The average Bonchev–Trinajstić information content (AvgIpc) is 2.70. The Hall–Kier alpha value is -1.55. The topological polar surface area (TPSA) is 48.1 Å². The van der Waals surface area contributed by atoms with Crippen molar-refractivity contribution in [1.29, 1.82) is 0 Å². The molecule has 0 bridgehead atoms. The van der Waals surface area contributed by atoms with E-state index >= 15 is 0 Å². The zero-order valence-corrected chi connectivity index (χ0v) is 10.2. The summed E-state index contributed by atoms with van der Waals surface area (Å²) in [5.74, 6) is 0.808. The van der Waals surface area contributed by atoms with Crippen molar-refractivity contribution in [2.45, 2.75) is 13.3 Å². The number of benzene rings is 1. The van der Waals surface area contributed by atoms with Gasteiger partial charge in [0.05, 0.1) is 12.1 Å². The molecule has 1 aromatic heterocycles. The number of thiazole rings is 1. The SMILES string of the molecule is CCc1nc(-c2ccccc2OC)c(N)s1. The third-order valence-corrected chi connectivity index (χ3v) is 3.39. The van der Waals surface area contributed by atoms with E-state index in [2.05, 4.69) is 11.9 Å². The van der Waals surface area contributed by atoms with E-state index in [1.807, 2.05) is 24.3 Å². The van der Waals surface area contributed by atoms with Crippen molar-refractivity contribution in [3.63, 3.8) is 0 Å². The monoisotopic (exact) mass is 234 g/mol. The number of nitrogen functional groups attached to an aromatic ring is 1. The van der Waals surface area contributed by atoms with Gasteiger partial charge in [0.25, 0.3) is 0 Å². The molecule has 16 heavy (non-hydrogen) atoms. The summed E-state index contributed by atoms with van der Waals surface area (Å²) in [4.78, 5) is 4.52. The molecule has 0 radical (unpaired) electrons. The first-order valence-corrected chi connectivity index (χ1v) is 5.96. The van der Waals surface area contributed by atoms with Crippen LogP contribution in [0.4, 0.5) is 5.00 Å². The van der Waals surface area contributed by atoms with Gasteiger partial charge in [0, 0.05) is 5.56 Å². The third kappa shape index (κ3) is 1.88. The fourth-order valence-electron chi connectivity index (χ4n) is 1.56. The van der Waals surface area contributed by atoms with Crippen LogP contribution in [0.1, 0.15) is 11.9 Å². The molecule has 0 atom stereocenters. The van der Waals surface area contributed by atoms with Crippen LogP contribution in [-0.2, 0) is 6.42 Å². The highest BCUT2D eigenvalue weighted by Crippen LogP contribution is 2.36. The van der Waals surface area contributed by atoms with Crippen molar-refractivity contribution in [3.05, 3.63) is 29.3 Å². The Morgan fingerprint density at radius 3 is 2.75 bits per heavy atom. The molecule has 0 aliphatic rings. The molecule has 2 aromatic rings. The van der Waals surface area contributed by atoms with Crippen molar-refractivity contribution in [3.8, 4) is 17.0 Å². The van der Waals surface area contributed by atoms with Gasteiger partial charge in [-0.1, -0.05) is 19.1 Å². The molecule has 0 fully saturated rings. The standard InChI is InChI=1S/C12H14N2OS/c1-3-10-14-11(12(13)16-10)8-6-4-5-7-9(8)15-2/h4-7H,3,13H2,1-2H3. The normalized spacial score (nSPS) is 10.4. The third-order valence-electron chi connectivity index (χ3n) is 2.36.